The number of aliphatic carboxylic acids is 2. The summed E-state index contributed by atoms with van der Waals surface area (Å²) in [7, 11) is 0. The minimum Gasteiger partial charge on any atom is -0.481 e. The average Bonchev–Trinajstić information content (AvgIpc) is 3.12. The summed E-state index contributed by atoms with van der Waals surface area (Å²) >= 11 is 0. The summed E-state index contributed by atoms with van der Waals surface area (Å²) in [6, 6.07) is 0. The third-order valence-corrected chi connectivity index (χ3v) is 16.8. The van der Waals surface area contributed by atoms with Crippen LogP contribution in [0.5, 0.6) is 0 Å². The summed E-state index contributed by atoms with van der Waals surface area (Å²) in [6.07, 6.45) is -9.80. The van der Waals surface area contributed by atoms with Crippen LogP contribution in [0, 0.1) is 50.2 Å². The molecule has 5 aliphatic carbocycles. The van der Waals surface area contributed by atoms with Crippen LogP contribution in [0.3, 0.4) is 0 Å². The second-order valence-electron chi connectivity index (χ2n) is 20.1. The Morgan fingerprint density at radius 1 is 0.786 bits per heavy atom. The number of ether oxygens (including phenoxy) is 4. The first-order chi connectivity index (χ1) is 26.0. The number of aliphatic hydroxyl groups excluding tert-OH is 6. The van der Waals surface area contributed by atoms with E-state index in [0.29, 0.717) is 25.7 Å². The van der Waals surface area contributed by atoms with E-state index in [4.69, 9.17) is 18.9 Å². The Balaban J connectivity index is 1.20. The lowest BCUT2D eigenvalue weighted by Crippen LogP contribution is -2.69. The summed E-state index contributed by atoms with van der Waals surface area (Å²) in [5.74, 6) is -2.73. The van der Waals surface area contributed by atoms with Crippen molar-refractivity contribution in [3.63, 3.8) is 0 Å². The third-order valence-electron chi connectivity index (χ3n) is 16.8. The van der Waals surface area contributed by atoms with Gasteiger partial charge in [-0.15, -0.1) is 0 Å². The molecule has 0 amide bonds. The van der Waals surface area contributed by atoms with Gasteiger partial charge < -0.3 is 64.6 Å². The van der Waals surface area contributed by atoms with E-state index in [9.17, 15) is 55.2 Å². The molecule has 2 saturated heterocycles. The van der Waals surface area contributed by atoms with Gasteiger partial charge >= 0.3 is 11.9 Å². The monoisotopic (exact) mass is 794 g/mol. The maximum Gasteiger partial charge on any atom is 0.335 e. The van der Waals surface area contributed by atoms with E-state index in [1.807, 2.05) is 0 Å². The van der Waals surface area contributed by atoms with Crippen molar-refractivity contribution >= 4 is 18.2 Å². The van der Waals surface area contributed by atoms with Crippen LogP contribution < -0.4 is 0 Å². The number of rotatable bonds is 7. The Morgan fingerprint density at radius 2 is 1.46 bits per heavy atom. The average molecular weight is 795 g/mol. The van der Waals surface area contributed by atoms with E-state index in [2.05, 4.69) is 40.7 Å². The fourth-order valence-electron chi connectivity index (χ4n) is 13.4. The van der Waals surface area contributed by atoms with Crippen LogP contribution >= 0.6 is 0 Å². The summed E-state index contributed by atoms with van der Waals surface area (Å²) in [5, 5.41) is 85.4. The van der Waals surface area contributed by atoms with E-state index >= 15 is 0 Å². The maximum atomic E-state index is 13.5. The van der Waals surface area contributed by atoms with Gasteiger partial charge in [0.2, 0.25) is 0 Å². The van der Waals surface area contributed by atoms with Gasteiger partial charge in [-0.05, 0) is 97.2 Å². The molecule has 0 radical (unpaired) electrons. The van der Waals surface area contributed by atoms with E-state index < -0.39 is 102 Å². The van der Waals surface area contributed by atoms with Gasteiger partial charge in [0.25, 0.3) is 0 Å². The zero-order valence-corrected chi connectivity index (χ0v) is 33.2. The smallest absolute Gasteiger partial charge is 0.335 e. The highest BCUT2D eigenvalue weighted by molar-refractivity contribution is 5.76. The molecule has 0 aromatic carbocycles. The number of allylic oxidation sites excluding steroid dienone is 2. The lowest BCUT2D eigenvalue weighted by Gasteiger charge is -2.71. The molecule has 4 saturated carbocycles. The molecule has 15 nitrogen and oxygen atoms in total. The Morgan fingerprint density at radius 3 is 2.11 bits per heavy atom. The third kappa shape index (κ3) is 6.00. The molecule has 7 aliphatic rings. The first-order valence-corrected chi connectivity index (χ1v) is 20.3. The predicted molar refractivity (Wildman–Crippen MR) is 194 cm³/mol. The van der Waals surface area contributed by atoms with E-state index in [-0.39, 0.29) is 40.4 Å². The standard InChI is InChI=1S/C41H62O15/c1-36(2)11-13-41(35(51)52)14-12-39(5)19(20(41)15-36)7-8-24-37(3)16-21(43)31(38(4,18-42)23(37)9-10-40(24,39)6)56-34-30(27(47)26(46)29(54-34)32(49)50)55-33-28(48)25(45)22(44)17-53-33/h7,18,20-31,33-34,43-48H,8-17H2,1-6H3,(H,49,50)(H,51,52)/t20-,21-,22-,23+,24+,25-,26-,27-,28+,29-,30+,31-,33-,34-,37-,38-,39+,40+,41-/m0/s1. The molecule has 2 heterocycles. The van der Waals surface area contributed by atoms with Crippen molar-refractivity contribution in [1.82, 2.24) is 0 Å². The first kappa shape index (κ1) is 42.1. The number of hydrogen-bond acceptors (Lipinski definition) is 13. The van der Waals surface area contributed by atoms with Crippen LogP contribution in [0.1, 0.15) is 99.3 Å². The minimum atomic E-state index is -2.02. The SMILES string of the molecule is CC1(C)CC[C@]2(C(=O)O)CC[C@]3(C)C(=CC[C@@H]4[C@@]5(C)C[C@H](O)[C@H](O[C@@H]6O[C@H](C(=O)O)[C@@H](O)[C@H](O)[C@H]6O[C@@H]6OC[C@H](O)[C@H](O)[C@H]6O)[C@@](C)(C=O)[C@@H]5CC[C@]43C)[C@@H]2C1. The normalized spacial score (nSPS) is 54.0. The molecule has 19 atom stereocenters. The first-order valence-electron chi connectivity index (χ1n) is 20.3. The van der Waals surface area contributed by atoms with E-state index in [1.54, 1.807) is 6.92 Å². The molecule has 15 heteroatoms. The largest absolute Gasteiger partial charge is 0.481 e. The molecule has 8 N–H and O–H groups in total. The summed E-state index contributed by atoms with van der Waals surface area (Å²) in [4.78, 5) is 38.7. The maximum absolute atomic E-state index is 13.5. The summed E-state index contributed by atoms with van der Waals surface area (Å²) in [5.41, 5.74) is -2.09. The molecule has 316 valence electrons. The van der Waals surface area contributed by atoms with Gasteiger partial charge in [0, 0.05) is 0 Å². The minimum absolute atomic E-state index is 0.00777. The molecule has 0 aromatic heterocycles. The molecule has 56 heavy (non-hydrogen) atoms. The zero-order valence-electron chi connectivity index (χ0n) is 33.2. The number of carbonyl (C=O) groups is 3. The molecular formula is C41H62O15. The summed E-state index contributed by atoms with van der Waals surface area (Å²) in [6.45, 7) is 12.5. The molecule has 0 bridgehead atoms. The summed E-state index contributed by atoms with van der Waals surface area (Å²) < 4.78 is 23.2. The van der Waals surface area contributed by atoms with E-state index in [0.717, 1.165) is 32.0 Å². The van der Waals surface area contributed by atoms with Crippen molar-refractivity contribution in [2.45, 2.75) is 167 Å². The predicted octanol–water partition coefficient (Wildman–Crippen LogP) is 1.76. The van der Waals surface area contributed by atoms with Crippen molar-refractivity contribution in [3.05, 3.63) is 11.6 Å². The van der Waals surface area contributed by atoms with Gasteiger partial charge in [-0.2, -0.15) is 0 Å². The molecule has 0 spiro atoms. The van der Waals surface area contributed by atoms with E-state index in [1.165, 1.54) is 5.57 Å². The highest BCUT2D eigenvalue weighted by Crippen LogP contribution is 2.76. The van der Waals surface area contributed by atoms with Gasteiger partial charge in [0.05, 0.1) is 29.6 Å². The Kier molecular flexibility index (Phi) is 10.5. The van der Waals surface area contributed by atoms with Crippen molar-refractivity contribution < 1.29 is 74.2 Å². The molecular weight excluding hydrogens is 732 g/mol. The number of carboxylic acid groups (broad SMARTS) is 2. The van der Waals surface area contributed by atoms with Crippen molar-refractivity contribution in [2.75, 3.05) is 6.61 Å². The quantitative estimate of drug-likeness (QED) is 0.104. The number of fused-ring (bicyclic) bond motifs is 7. The van der Waals surface area contributed by atoms with Gasteiger partial charge in [0.1, 0.15) is 42.9 Å². The second kappa shape index (κ2) is 14.0. The lowest BCUT2D eigenvalue weighted by molar-refractivity contribution is -0.369. The molecule has 2 aliphatic heterocycles. The van der Waals surface area contributed by atoms with Crippen LogP contribution in [0.25, 0.3) is 0 Å². The van der Waals surface area contributed by atoms with Gasteiger partial charge in [-0.25, -0.2) is 4.79 Å². The fraction of sp³-hybridized carbons (Fsp3) is 0.878. The number of carbonyl (C=O) groups excluding carboxylic acids is 1. The van der Waals surface area contributed by atoms with Gasteiger partial charge in [-0.1, -0.05) is 53.2 Å². The molecule has 0 aromatic rings. The number of carboxylic acids is 2. The lowest BCUT2D eigenvalue weighted by atomic mass is 9.33. The molecule has 7 rings (SSSR count). The Labute approximate surface area is 327 Å². The van der Waals surface area contributed by atoms with Gasteiger partial charge in [-0.3, -0.25) is 4.79 Å². The fourth-order valence-corrected chi connectivity index (χ4v) is 13.4. The number of aldehydes is 1. The Hall–Kier alpha value is -2.05. The van der Waals surface area contributed by atoms with Crippen LogP contribution in [0.4, 0.5) is 0 Å². The number of hydrogen-bond donors (Lipinski definition) is 8. The van der Waals surface area contributed by atoms with Crippen molar-refractivity contribution in [1.29, 1.82) is 0 Å². The molecule has 0 unspecified atom stereocenters. The number of aliphatic hydroxyl groups is 6. The molecule has 6 fully saturated rings. The topological polar surface area (TPSA) is 250 Å². The second-order valence-corrected chi connectivity index (χ2v) is 20.1. The zero-order chi connectivity index (χ0) is 41.1. The highest BCUT2D eigenvalue weighted by atomic mass is 16.8. The van der Waals surface area contributed by atoms with Crippen molar-refractivity contribution in [2.24, 2.45) is 50.2 Å². The van der Waals surface area contributed by atoms with Crippen LogP contribution in [0.2, 0.25) is 0 Å². The highest BCUT2D eigenvalue weighted by Gasteiger charge is 2.71. The van der Waals surface area contributed by atoms with Crippen LogP contribution in [-0.4, -0.2) is 133 Å². The van der Waals surface area contributed by atoms with Crippen molar-refractivity contribution in [3.8, 4) is 0 Å². The Bertz CT molecular complexity index is 1600. The van der Waals surface area contributed by atoms with Gasteiger partial charge in [0.15, 0.2) is 18.7 Å². The van der Waals surface area contributed by atoms with Crippen LogP contribution in [0.15, 0.2) is 11.6 Å². The van der Waals surface area contributed by atoms with Crippen LogP contribution in [-0.2, 0) is 33.3 Å².